The van der Waals surface area contributed by atoms with Gasteiger partial charge in [-0.2, -0.15) is 0 Å². The maximum absolute atomic E-state index is 10.1. The number of aliphatic carboxylic acids is 1. The fourth-order valence-corrected chi connectivity index (χ4v) is 3.49. The highest BCUT2D eigenvalue weighted by molar-refractivity contribution is 5.85. The van der Waals surface area contributed by atoms with Crippen LogP contribution in [0.3, 0.4) is 0 Å². The third-order valence-corrected chi connectivity index (χ3v) is 5.45. The highest BCUT2D eigenvalue weighted by Gasteiger charge is 2.16. The molecule has 6 nitrogen and oxygen atoms in total. The first-order chi connectivity index (χ1) is 16.8. The van der Waals surface area contributed by atoms with E-state index < -0.39 is 11.9 Å². The van der Waals surface area contributed by atoms with Crippen LogP contribution in [0.4, 0.5) is 0 Å². The Morgan fingerprint density at radius 1 is 0.800 bits per heavy atom. The highest BCUT2D eigenvalue weighted by atomic mass is 16.7. The molecule has 0 fully saturated rings. The number of rotatable bonds is 20. The van der Waals surface area contributed by atoms with Crippen LogP contribution >= 0.6 is 0 Å². The van der Waals surface area contributed by atoms with Crippen molar-refractivity contribution in [3.05, 3.63) is 54.1 Å². The molecule has 1 aromatic rings. The summed E-state index contributed by atoms with van der Waals surface area (Å²) < 4.78 is 0. The fraction of sp³-hybridized carbons (Fsp3) is 0.621. The number of unbranched alkanes of at least 4 members (excludes halogenated alkanes) is 12. The zero-order chi connectivity index (χ0) is 26.0. The molecule has 0 atom stereocenters. The number of carboxylic acid groups (broad SMARTS) is 1. The first-order valence-corrected chi connectivity index (χ1v) is 13.3. The lowest BCUT2D eigenvalue weighted by Crippen LogP contribution is -2.40. The summed E-state index contributed by atoms with van der Waals surface area (Å²) >= 11 is 0. The van der Waals surface area contributed by atoms with Crippen molar-refractivity contribution in [3.63, 3.8) is 0 Å². The van der Waals surface area contributed by atoms with Crippen LogP contribution in [0.5, 0.6) is 0 Å². The van der Waals surface area contributed by atoms with Gasteiger partial charge in [-0.3, -0.25) is 0 Å². The molecule has 0 heterocycles. The van der Waals surface area contributed by atoms with Crippen LogP contribution in [0.15, 0.2) is 48.6 Å². The van der Waals surface area contributed by atoms with Gasteiger partial charge in [-0.25, -0.2) is 4.79 Å². The van der Waals surface area contributed by atoms with E-state index in [-0.39, 0.29) is 6.54 Å². The van der Waals surface area contributed by atoms with Gasteiger partial charge in [0.1, 0.15) is 0 Å². The Balaban J connectivity index is 0.000000867. The maximum Gasteiger partial charge on any atom is 0.328 e. The van der Waals surface area contributed by atoms with Crippen LogP contribution in [0.1, 0.15) is 102 Å². The van der Waals surface area contributed by atoms with Crippen molar-refractivity contribution in [2.75, 3.05) is 13.1 Å². The van der Waals surface area contributed by atoms with Crippen molar-refractivity contribution in [3.8, 4) is 0 Å². The van der Waals surface area contributed by atoms with Crippen molar-refractivity contribution >= 4 is 12.0 Å². The van der Waals surface area contributed by atoms with Crippen LogP contribution in [0.25, 0.3) is 6.08 Å². The van der Waals surface area contributed by atoms with E-state index >= 15 is 0 Å². The number of aliphatic hydroxyl groups is 3. The number of hydrogen-bond donors (Lipinski definition) is 5. The molecule has 5 N–H and O–H groups in total. The molecule has 0 aromatic heterocycles. The number of carboxylic acids is 1. The number of carbonyl (C=O) groups is 1. The van der Waals surface area contributed by atoms with Gasteiger partial charge in [-0.15, -0.1) is 0 Å². The fourth-order valence-electron chi connectivity index (χ4n) is 3.49. The van der Waals surface area contributed by atoms with Crippen LogP contribution in [-0.2, 0) is 4.79 Å². The van der Waals surface area contributed by atoms with Crippen LogP contribution in [0.2, 0.25) is 0 Å². The summed E-state index contributed by atoms with van der Waals surface area (Å²) in [6.45, 7) is 2.78. The highest BCUT2D eigenvalue weighted by Crippen LogP contribution is 2.09. The molecular formula is C29H49NO5. The van der Waals surface area contributed by atoms with Crippen molar-refractivity contribution < 1.29 is 25.2 Å². The molecule has 0 unspecified atom stereocenters. The van der Waals surface area contributed by atoms with E-state index in [1.165, 1.54) is 77.0 Å². The first-order valence-electron chi connectivity index (χ1n) is 13.3. The molecule has 0 bridgehead atoms. The second-order valence-electron chi connectivity index (χ2n) is 8.97. The Morgan fingerprint density at radius 2 is 1.31 bits per heavy atom. The lowest BCUT2D eigenvalue weighted by Gasteiger charge is -2.14. The molecule has 0 amide bonds. The summed E-state index contributed by atoms with van der Waals surface area (Å²) in [5.41, 5.74) is 0.898. The maximum atomic E-state index is 10.1. The molecule has 0 saturated carbocycles. The molecule has 0 radical (unpaired) electrons. The standard InChI is InChI=1S/C20H41NO3.C9H8O2/c1-2-3-4-5-6-7-8-9-10-11-12-13-14-15-16-17-18-21-19-20(22,23)24;10-9(11)7-6-8-4-2-1-3-5-8/h9-10,21-24H,2-8,11-19H2,1H3;1-7H,(H,10,11). The molecule has 1 rings (SSSR count). The minimum absolute atomic E-state index is 0.196. The molecular weight excluding hydrogens is 442 g/mol. The Kier molecular flexibility index (Phi) is 22.4. The van der Waals surface area contributed by atoms with Crippen molar-refractivity contribution in [2.24, 2.45) is 0 Å². The van der Waals surface area contributed by atoms with Gasteiger partial charge in [-0.1, -0.05) is 107 Å². The normalized spacial score (nSPS) is 11.7. The molecule has 35 heavy (non-hydrogen) atoms. The van der Waals surface area contributed by atoms with E-state index in [1.807, 2.05) is 30.3 Å². The Morgan fingerprint density at radius 3 is 1.83 bits per heavy atom. The lowest BCUT2D eigenvalue weighted by atomic mass is 10.1. The van der Waals surface area contributed by atoms with Gasteiger partial charge in [-0.05, 0) is 50.3 Å². The number of nitrogens with one attached hydrogen (secondary N) is 1. The predicted molar refractivity (Wildman–Crippen MR) is 145 cm³/mol. The third kappa shape index (κ3) is 28.1. The SMILES string of the molecule is CCCCCCCCC=CCCCCCCCCNCC(O)(O)O.O=C(O)C=Cc1ccccc1. The Bertz CT molecular complexity index is 653. The van der Waals surface area contributed by atoms with Crippen molar-refractivity contribution in [1.82, 2.24) is 5.32 Å². The Hall–Kier alpha value is -1.99. The van der Waals surface area contributed by atoms with Crippen molar-refractivity contribution in [2.45, 2.75) is 103 Å². The minimum Gasteiger partial charge on any atom is -0.478 e. The van der Waals surface area contributed by atoms with Gasteiger partial charge in [0, 0.05) is 6.08 Å². The van der Waals surface area contributed by atoms with Gasteiger partial charge < -0.3 is 25.7 Å². The van der Waals surface area contributed by atoms with Gasteiger partial charge in [0.15, 0.2) is 0 Å². The lowest BCUT2D eigenvalue weighted by molar-refractivity contribution is -0.306. The Labute approximate surface area is 212 Å². The summed E-state index contributed by atoms with van der Waals surface area (Å²) in [4.78, 5) is 10.1. The third-order valence-electron chi connectivity index (χ3n) is 5.45. The second kappa shape index (κ2) is 23.7. The van der Waals surface area contributed by atoms with Crippen LogP contribution in [0, 0.1) is 0 Å². The van der Waals surface area contributed by atoms with Gasteiger partial charge >= 0.3 is 5.97 Å². The van der Waals surface area contributed by atoms with Gasteiger partial charge in [0.25, 0.3) is 5.97 Å². The van der Waals surface area contributed by atoms with E-state index in [9.17, 15) is 4.79 Å². The van der Waals surface area contributed by atoms with E-state index in [1.54, 1.807) is 6.08 Å². The summed E-state index contributed by atoms with van der Waals surface area (Å²) in [5, 5.41) is 37.2. The van der Waals surface area contributed by atoms with E-state index in [0.717, 1.165) is 24.5 Å². The quantitative estimate of drug-likeness (QED) is 0.0659. The zero-order valence-corrected chi connectivity index (χ0v) is 21.7. The van der Waals surface area contributed by atoms with Crippen molar-refractivity contribution in [1.29, 1.82) is 0 Å². The number of allylic oxidation sites excluding steroid dienone is 2. The summed E-state index contributed by atoms with van der Waals surface area (Å²) in [7, 11) is 0. The van der Waals surface area contributed by atoms with E-state index in [4.69, 9.17) is 20.4 Å². The molecule has 1 aromatic carbocycles. The number of hydrogen-bond acceptors (Lipinski definition) is 5. The zero-order valence-electron chi connectivity index (χ0n) is 21.7. The molecule has 6 heteroatoms. The molecule has 0 spiro atoms. The van der Waals surface area contributed by atoms with Crippen LogP contribution in [-0.4, -0.2) is 45.5 Å². The topological polar surface area (TPSA) is 110 Å². The summed E-state index contributed by atoms with van der Waals surface area (Å²) in [5.74, 6) is -3.50. The minimum atomic E-state index is -2.58. The van der Waals surface area contributed by atoms with Crippen LogP contribution < -0.4 is 5.32 Å². The molecule has 0 saturated heterocycles. The molecule has 200 valence electrons. The van der Waals surface area contributed by atoms with E-state index in [0.29, 0.717) is 6.54 Å². The van der Waals surface area contributed by atoms with E-state index in [2.05, 4.69) is 24.4 Å². The smallest absolute Gasteiger partial charge is 0.328 e. The number of benzene rings is 1. The van der Waals surface area contributed by atoms with Gasteiger partial charge in [0.2, 0.25) is 0 Å². The summed E-state index contributed by atoms with van der Waals surface area (Å²) in [6.07, 6.45) is 25.3. The van der Waals surface area contributed by atoms with Gasteiger partial charge in [0.05, 0.1) is 6.54 Å². The second-order valence-corrected chi connectivity index (χ2v) is 8.97. The molecule has 0 aliphatic heterocycles. The summed E-state index contributed by atoms with van der Waals surface area (Å²) in [6, 6.07) is 9.31. The monoisotopic (exact) mass is 491 g/mol. The predicted octanol–water partition coefficient (Wildman–Crippen LogP) is 6.03. The molecule has 0 aliphatic carbocycles. The average Bonchev–Trinajstić information content (AvgIpc) is 2.82. The average molecular weight is 492 g/mol. The molecule has 0 aliphatic rings. The first kappa shape index (κ1) is 33.0. The largest absolute Gasteiger partial charge is 0.478 e.